The molecular formula is C13H12BrN3O3S. The van der Waals surface area contributed by atoms with Gasteiger partial charge in [-0.1, -0.05) is 27.7 Å². The van der Waals surface area contributed by atoms with Gasteiger partial charge in [0, 0.05) is 16.6 Å². The topological polar surface area (TPSA) is 96.0 Å². The Bertz CT molecular complexity index is 693. The summed E-state index contributed by atoms with van der Waals surface area (Å²) in [4.78, 5) is 29.7. The van der Waals surface area contributed by atoms with E-state index in [4.69, 9.17) is 5.73 Å². The molecule has 0 spiro atoms. The fourth-order valence-electron chi connectivity index (χ4n) is 2.68. The molecule has 1 aromatic rings. The van der Waals surface area contributed by atoms with Crippen LogP contribution in [0.1, 0.15) is 12.5 Å². The van der Waals surface area contributed by atoms with Crippen LogP contribution in [0.3, 0.4) is 0 Å². The van der Waals surface area contributed by atoms with Gasteiger partial charge in [-0.3, -0.25) is 9.59 Å². The first-order valence-electron chi connectivity index (χ1n) is 6.28. The highest BCUT2D eigenvalue weighted by molar-refractivity contribution is 9.10. The number of amides is 2. The minimum atomic E-state index is -1.94. The highest BCUT2D eigenvalue weighted by Crippen LogP contribution is 2.48. The molecule has 2 atom stereocenters. The molecule has 2 unspecified atom stereocenters. The van der Waals surface area contributed by atoms with E-state index < -0.39 is 22.7 Å². The maximum atomic E-state index is 12.7. The molecule has 0 saturated heterocycles. The summed E-state index contributed by atoms with van der Waals surface area (Å²) in [5.41, 5.74) is 4.61. The van der Waals surface area contributed by atoms with Gasteiger partial charge in [0.1, 0.15) is 5.25 Å². The summed E-state index contributed by atoms with van der Waals surface area (Å²) in [5.74, 6) is -1.11. The van der Waals surface area contributed by atoms with Gasteiger partial charge in [0.15, 0.2) is 10.8 Å². The molecule has 3 N–H and O–H groups in total. The number of likely N-dealkylation sites (N-methyl/N-ethyl adjacent to an activating group) is 1. The Morgan fingerprint density at radius 3 is 2.81 bits per heavy atom. The molecule has 2 heterocycles. The molecule has 0 aromatic heterocycles. The van der Waals surface area contributed by atoms with E-state index in [-0.39, 0.29) is 5.17 Å². The molecule has 2 aliphatic rings. The smallest absolute Gasteiger partial charge is 0.265 e. The van der Waals surface area contributed by atoms with Crippen molar-refractivity contribution in [3.05, 3.63) is 28.2 Å². The highest BCUT2D eigenvalue weighted by atomic mass is 79.9. The molecule has 0 saturated carbocycles. The Morgan fingerprint density at radius 1 is 1.52 bits per heavy atom. The maximum Gasteiger partial charge on any atom is 0.265 e. The summed E-state index contributed by atoms with van der Waals surface area (Å²) in [5, 5.41) is 10.1. The minimum Gasteiger partial charge on any atom is -0.378 e. The number of fused-ring (bicyclic) bond motifs is 1. The second kappa shape index (κ2) is 4.82. The number of halogens is 1. The van der Waals surface area contributed by atoms with E-state index in [1.54, 1.807) is 18.2 Å². The van der Waals surface area contributed by atoms with Crippen LogP contribution >= 0.6 is 27.7 Å². The Labute approximate surface area is 133 Å². The normalized spacial score (nSPS) is 28.0. The van der Waals surface area contributed by atoms with Gasteiger partial charge >= 0.3 is 0 Å². The number of hydrogen-bond donors (Lipinski definition) is 2. The van der Waals surface area contributed by atoms with Gasteiger partial charge in [0.05, 0.1) is 5.69 Å². The standard InChI is InChI=1S/C13H12BrN3O3S/c1-2-17-8-4-3-6(14)5-7(8)13(20,11(17)19)9-10(18)16-12(15)21-9/h3-5,9,20H,2H2,1H3,(H2,15,16,18). The molecular weight excluding hydrogens is 358 g/mol. The predicted molar refractivity (Wildman–Crippen MR) is 84.1 cm³/mol. The predicted octanol–water partition coefficient (Wildman–Crippen LogP) is 0.960. The van der Waals surface area contributed by atoms with E-state index in [0.717, 1.165) is 16.2 Å². The van der Waals surface area contributed by atoms with Crippen molar-refractivity contribution >= 4 is 50.4 Å². The monoisotopic (exact) mass is 369 g/mol. The van der Waals surface area contributed by atoms with E-state index in [0.29, 0.717) is 17.8 Å². The largest absolute Gasteiger partial charge is 0.378 e. The molecule has 6 nitrogen and oxygen atoms in total. The molecule has 21 heavy (non-hydrogen) atoms. The summed E-state index contributed by atoms with van der Waals surface area (Å²) in [6.45, 7) is 2.21. The van der Waals surface area contributed by atoms with Crippen molar-refractivity contribution in [1.29, 1.82) is 0 Å². The van der Waals surface area contributed by atoms with Gasteiger partial charge < -0.3 is 15.7 Å². The van der Waals surface area contributed by atoms with Crippen molar-refractivity contribution < 1.29 is 14.7 Å². The number of anilines is 1. The number of carbonyl (C=O) groups is 2. The van der Waals surface area contributed by atoms with Crippen molar-refractivity contribution in [2.75, 3.05) is 11.4 Å². The van der Waals surface area contributed by atoms with Gasteiger partial charge in [-0.15, -0.1) is 0 Å². The van der Waals surface area contributed by atoms with E-state index in [1.807, 2.05) is 6.92 Å². The van der Waals surface area contributed by atoms with Crippen molar-refractivity contribution in [2.24, 2.45) is 10.7 Å². The Balaban J connectivity index is 2.17. The Hall–Kier alpha value is -1.38. The highest BCUT2D eigenvalue weighted by Gasteiger charge is 2.58. The van der Waals surface area contributed by atoms with E-state index in [1.165, 1.54) is 4.90 Å². The summed E-state index contributed by atoms with van der Waals surface area (Å²) >= 11 is 4.25. The number of rotatable bonds is 2. The number of amidine groups is 1. The zero-order valence-electron chi connectivity index (χ0n) is 11.0. The molecule has 0 bridgehead atoms. The second-order valence-electron chi connectivity index (χ2n) is 4.76. The molecule has 110 valence electrons. The molecule has 3 rings (SSSR count). The molecule has 0 radical (unpaired) electrons. The van der Waals surface area contributed by atoms with Gasteiger partial charge in [-0.2, -0.15) is 4.99 Å². The number of carbonyl (C=O) groups excluding carboxylic acids is 2. The zero-order valence-corrected chi connectivity index (χ0v) is 13.4. The number of aliphatic imine (C=N–C) groups is 1. The van der Waals surface area contributed by atoms with Crippen molar-refractivity contribution in [3.63, 3.8) is 0 Å². The zero-order chi connectivity index (χ0) is 15.4. The Morgan fingerprint density at radius 2 is 2.24 bits per heavy atom. The third-order valence-electron chi connectivity index (χ3n) is 3.61. The van der Waals surface area contributed by atoms with Crippen LogP contribution in [0.4, 0.5) is 5.69 Å². The van der Waals surface area contributed by atoms with Gasteiger partial charge in [0.25, 0.3) is 11.8 Å². The van der Waals surface area contributed by atoms with Gasteiger partial charge in [-0.25, -0.2) is 0 Å². The van der Waals surface area contributed by atoms with Gasteiger partial charge in [-0.05, 0) is 25.1 Å². The second-order valence-corrected chi connectivity index (χ2v) is 6.80. The van der Waals surface area contributed by atoms with E-state index in [9.17, 15) is 14.7 Å². The van der Waals surface area contributed by atoms with Crippen LogP contribution in [-0.2, 0) is 15.2 Å². The first-order chi connectivity index (χ1) is 9.89. The number of nitrogens with two attached hydrogens (primary N) is 1. The van der Waals surface area contributed by atoms with Crippen LogP contribution in [0, 0.1) is 0 Å². The maximum absolute atomic E-state index is 12.7. The average molecular weight is 370 g/mol. The number of thioether (sulfide) groups is 1. The lowest BCUT2D eigenvalue weighted by Crippen LogP contribution is -2.49. The third kappa shape index (κ3) is 1.93. The molecule has 8 heteroatoms. The lowest BCUT2D eigenvalue weighted by atomic mass is 9.91. The molecule has 0 fully saturated rings. The summed E-state index contributed by atoms with van der Waals surface area (Å²) < 4.78 is 0.717. The summed E-state index contributed by atoms with van der Waals surface area (Å²) in [7, 11) is 0. The first-order valence-corrected chi connectivity index (χ1v) is 7.96. The fourth-order valence-corrected chi connectivity index (χ4v) is 3.97. The van der Waals surface area contributed by atoms with Crippen LogP contribution in [-0.4, -0.2) is 33.9 Å². The minimum absolute atomic E-state index is 0.0673. The van der Waals surface area contributed by atoms with Crippen LogP contribution in [0.15, 0.2) is 27.7 Å². The quantitative estimate of drug-likeness (QED) is 0.809. The SMILES string of the molecule is CCN1C(=O)C(O)(C2SC(N)=NC2=O)c2cc(Br)ccc21. The van der Waals surface area contributed by atoms with Crippen molar-refractivity contribution in [1.82, 2.24) is 0 Å². The number of nitrogens with zero attached hydrogens (tertiary/aromatic N) is 2. The lowest BCUT2D eigenvalue weighted by molar-refractivity contribution is -0.140. The molecule has 1 aromatic carbocycles. The number of benzene rings is 1. The summed E-state index contributed by atoms with van der Waals surface area (Å²) in [6, 6.07) is 5.19. The molecule has 0 aliphatic carbocycles. The van der Waals surface area contributed by atoms with Crippen molar-refractivity contribution in [2.45, 2.75) is 17.8 Å². The molecule has 2 aliphatic heterocycles. The number of hydrogen-bond acceptors (Lipinski definition) is 5. The lowest BCUT2D eigenvalue weighted by Gasteiger charge is -2.26. The van der Waals surface area contributed by atoms with E-state index >= 15 is 0 Å². The van der Waals surface area contributed by atoms with Crippen molar-refractivity contribution in [3.8, 4) is 0 Å². The average Bonchev–Trinajstić information content (AvgIpc) is 2.88. The van der Waals surface area contributed by atoms with Crippen LogP contribution in [0.2, 0.25) is 0 Å². The summed E-state index contributed by atoms with van der Waals surface area (Å²) in [6.07, 6.45) is 0. The van der Waals surface area contributed by atoms with Crippen LogP contribution in [0.5, 0.6) is 0 Å². The fraction of sp³-hybridized carbons (Fsp3) is 0.308. The third-order valence-corrected chi connectivity index (χ3v) is 5.21. The first kappa shape index (κ1) is 14.6. The van der Waals surface area contributed by atoms with E-state index in [2.05, 4.69) is 20.9 Å². The van der Waals surface area contributed by atoms with Crippen LogP contribution in [0.25, 0.3) is 0 Å². The number of aliphatic hydroxyl groups is 1. The van der Waals surface area contributed by atoms with Gasteiger partial charge in [0.2, 0.25) is 0 Å². The Kier molecular flexibility index (Phi) is 3.34. The molecule has 2 amide bonds. The van der Waals surface area contributed by atoms with Crippen LogP contribution < -0.4 is 10.6 Å².